The number of benzene rings is 1. The molecule has 35 heavy (non-hydrogen) atoms. The minimum absolute atomic E-state index is 0.0617. The van der Waals surface area contributed by atoms with Crippen LogP contribution in [-0.4, -0.2) is 41.5 Å². The van der Waals surface area contributed by atoms with E-state index in [9.17, 15) is 18.3 Å². The molecule has 1 saturated heterocycles. The zero-order valence-electron chi connectivity index (χ0n) is 19.9. The second-order valence-corrected chi connectivity index (χ2v) is 10.9. The van der Waals surface area contributed by atoms with Crippen LogP contribution in [0.2, 0.25) is 0 Å². The van der Waals surface area contributed by atoms with Crippen LogP contribution < -0.4 is 15.4 Å². The number of nitrogen functional groups attached to an aromatic ring is 1. The molecule has 3 aromatic rings. The summed E-state index contributed by atoms with van der Waals surface area (Å²) in [5.74, 6) is -0.239. The summed E-state index contributed by atoms with van der Waals surface area (Å²) in [6.07, 6.45) is 2.29. The van der Waals surface area contributed by atoms with Crippen molar-refractivity contribution in [3.05, 3.63) is 65.9 Å². The average molecular weight is 496 g/mol. The first-order valence-corrected chi connectivity index (χ1v) is 12.8. The molecule has 0 radical (unpaired) electrons. The third-order valence-corrected chi connectivity index (χ3v) is 8.19. The van der Waals surface area contributed by atoms with Crippen molar-refractivity contribution in [3.8, 4) is 11.3 Å². The first-order valence-electron chi connectivity index (χ1n) is 11.3. The van der Waals surface area contributed by atoms with Crippen molar-refractivity contribution in [1.82, 2.24) is 14.7 Å². The van der Waals surface area contributed by atoms with E-state index in [1.807, 2.05) is 24.3 Å². The van der Waals surface area contributed by atoms with E-state index in [4.69, 9.17) is 10.7 Å². The van der Waals surface area contributed by atoms with Gasteiger partial charge in [-0.15, -0.1) is 0 Å². The van der Waals surface area contributed by atoms with E-state index < -0.39 is 15.9 Å². The van der Waals surface area contributed by atoms with Gasteiger partial charge >= 0.3 is 0 Å². The van der Waals surface area contributed by atoms with Gasteiger partial charge in [0.1, 0.15) is 16.5 Å². The lowest BCUT2D eigenvalue weighted by molar-refractivity contribution is 0.0981. The lowest BCUT2D eigenvalue weighted by Crippen LogP contribution is -2.43. The topological polar surface area (TPSA) is 139 Å². The van der Waals surface area contributed by atoms with E-state index in [0.717, 1.165) is 17.5 Å². The highest BCUT2D eigenvalue weighted by molar-refractivity contribution is 7.90. The van der Waals surface area contributed by atoms with E-state index in [2.05, 4.69) is 35.4 Å². The van der Waals surface area contributed by atoms with Gasteiger partial charge in [-0.25, -0.2) is 23.1 Å². The second kappa shape index (κ2) is 9.27. The summed E-state index contributed by atoms with van der Waals surface area (Å²) in [4.78, 5) is 23.7. The Balaban J connectivity index is 1.77. The summed E-state index contributed by atoms with van der Waals surface area (Å²) in [7, 11) is -4.25. The molecule has 1 unspecified atom stereocenters. The molecule has 3 heterocycles. The molecule has 1 aromatic carbocycles. The number of nitrogens with two attached hydrogens (primary N) is 1. The van der Waals surface area contributed by atoms with Crippen molar-refractivity contribution in [3.63, 3.8) is 0 Å². The maximum absolute atomic E-state index is 13.3. The summed E-state index contributed by atoms with van der Waals surface area (Å²) >= 11 is 0. The van der Waals surface area contributed by atoms with Gasteiger partial charge in [0.15, 0.2) is 0 Å². The van der Waals surface area contributed by atoms with Crippen LogP contribution in [0.4, 0.5) is 11.6 Å². The SMILES string of the molecule is CC1CCN(c2nc(-c3ccc(CO)cc3)ccc2C(=O)NS(=O)(=O)c2cccnc2N)C1(C)C. The molecule has 1 amide bonds. The van der Waals surface area contributed by atoms with Gasteiger partial charge in [0, 0.05) is 23.8 Å². The van der Waals surface area contributed by atoms with Crippen LogP contribution in [0.1, 0.15) is 43.1 Å². The first kappa shape index (κ1) is 24.6. The summed E-state index contributed by atoms with van der Waals surface area (Å²) in [6.45, 7) is 6.94. The molecule has 4 N–H and O–H groups in total. The van der Waals surface area contributed by atoms with Crippen LogP contribution in [0.3, 0.4) is 0 Å². The molecular weight excluding hydrogens is 466 g/mol. The summed E-state index contributed by atoms with van der Waals surface area (Å²) in [5, 5.41) is 9.33. The quantitative estimate of drug-likeness (QED) is 0.474. The van der Waals surface area contributed by atoms with Gasteiger partial charge in [0.2, 0.25) is 0 Å². The van der Waals surface area contributed by atoms with Crippen molar-refractivity contribution in [1.29, 1.82) is 0 Å². The van der Waals surface area contributed by atoms with Gasteiger partial charge in [-0.3, -0.25) is 4.79 Å². The number of hydrogen-bond donors (Lipinski definition) is 3. The fourth-order valence-electron chi connectivity index (χ4n) is 4.24. The molecule has 0 aliphatic carbocycles. The van der Waals surface area contributed by atoms with Gasteiger partial charge in [-0.1, -0.05) is 31.2 Å². The number of aromatic nitrogens is 2. The number of aliphatic hydroxyl groups is 1. The molecule has 0 saturated carbocycles. The zero-order valence-corrected chi connectivity index (χ0v) is 20.7. The van der Waals surface area contributed by atoms with E-state index >= 15 is 0 Å². The van der Waals surface area contributed by atoms with Crippen LogP contribution in [0.25, 0.3) is 11.3 Å². The number of anilines is 2. The average Bonchev–Trinajstić information content (AvgIpc) is 3.10. The molecule has 0 bridgehead atoms. The number of amides is 1. The van der Waals surface area contributed by atoms with E-state index in [1.165, 1.54) is 18.3 Å². The molecule has 1 atom stereocenters. The van der Waals surface area contributed by atoms with Crippen molar-refractivity contribution < 1.29 is 18.3 Å². The number of aliphatic hydroxyl groups excluding tert-OH is 1. The third kappa shape index (κ3) is 4.71. The Bertz CT molecular complexity index is 1360. The molecule has 1 aliphatic rings. The third-order valence-electron chi connectivity index (χ3n) is 6.81. The smallest absolute Gasteiger partial charge is 0.268 e. The maximum atomic E-state index is 13.3. The Kier molecular flexibility index (Phi) is 6.52. The number of hydrogen-bond acceptors (Lipinski definition) is 8. The number of rotatable bonds is 6. The van der Waals surface area contributed by atoms with Gasteiger partial charge in [-0.2, -0.15) is 0 Å². The van der Waals surface area contributed by atoms with E-state index in [-0.39, 0.29) is 28.4 Å². The van der Waals surface area contributed by atoms with Crippen molar-refractivity contribution in [2.75, 3.05) is 17.2 Å². The van der Waals surface area contributed by atoms with Crippen molar-refractivity contribution in [2.24, 2.45) is 5.92 Å². The number of sulfonamides is 1. The molecule has 184 valence electrons. The number of carbonyl (C=O) groups is 1. The van der Waals surface area contributed by atoms with Crippen molar-refractivity contribution >= 4 is 27.6 Å². The van der Waals surface area contributed by atoms with Crippen LogP contribution >= 0.6 is 0 Å². The molecule has 0 spiro atoms. The molecular formula is C25H29N5O4S. The second-order valence-electron chi connectivity index (χ2n) is 9.24. The fourth-order valence-corrected chi connectivity index (χ4v) is 5.29. The Morgan fingerprint density at radius 2 is 1.91 bits per heavy atom. The lowest BCUT2D eigenvalue weighted by atomic mass is 9.90. The Labute approximate surface area is 205 Å². The Morgan fingerprint density at radius 1 is 1.20 bits per heavy atom. The standard InChI is InChI=1S/C25H29N5O4S/c1-16-12-14-30(25(16,2)3)23-19(10-11-20(28-23)18-8-6-17(15-31)7-9-18)24(32)29-35(33,34)21-5-4-13-27-22(21)26/h4-11,13,16,31H,12,14-15H2,1-3H3,(H2,26,27)(H,29,32). The Morgan fingerprint density at radius 3 is 2.51 bits per heavy atom. The van der Waals surface area contributed by atoms with E-state index in [1.54, 1.807) is 12.1 Å². The highest BCUT2D eigenvalue weighted by Crippen LogP contribution is 2.39. The van der Waals surface area contributed by atoms with Gasteiger partial charge in [0.05, 0.1) is 17.9 Å². The highest BCUT2D eigenvalue weighted by atomic mass is 32.2. The maximum Gasteiger partial charge on any atom is 0.268 e. The highest BCUT2D eigenvalue weighted by Gasteiger charge is 2.41. The fraction of sp³-hybridized carbons (Fsp3) is 0.320. The molecule has 9 nitrogen and oxygen atoms in total. The first-order chi connectivity index (χ1) is 16.5. The monoisotopic (exact) mass is 495 g/mol. The number of nitrogens with one attached hydrogen (secondary N) is 1. The minimum atomic E-state index is -4.25. The summed E-state index contributed by atoms with van der Waals surface area (Å²) < 4.78 is 27.9. The van der Waals surface area contributed by atoms with Crippen molar-refractivity contribution in [2.45, 2.75) is 44.2 Å². The molecule has 10 heteroatoms. The molecule has 4 rings (SSSR count). The zero-order chi connectivity index (χ0) is 25.4. The van der Waals surface area contributed by atoms with Crippen LogP contribution in [0.15, 0.2) is 59.6 Å². The normalized spacial score (nSPS) is 17.4. The molecule has 1 fully saturated rings. The Hall–Kier alpha value is -3.50. The van der Waals surface area contributed by atoms with Gasteiger partial charge < -0.3 is 15.7 Å². The molecule has 1 aliphatic heterocycles. The minimum Gasteiger partial charge on any atom is -0.392 e. The summed E-state index contributed by atoms with van der Waals surface area (Å²) in [6, 6.07) is 13.3. The largest absolute Gasteiger partial charge is 0.392 e. The number of carbonyl (C=O) groups excluding carboxylic acids is 1. The van der Waals surface area contributed by atoms with Crippen LogP contribution in [0, 0.1) is 5.92 Å². The van der Waals surface area contributed by atoms with Crippen LogP contribution in [0.5, 0.6) is 0 Å². The predicted octanol–water partition coefficient (Wildman–Crippen LogP) is 2.96. The van der Waals surface area contributed by atoms with E-state index in [0.29, 0.717) is 24.0 Å². The lowest BCUT2D eigenvalue weighted by Gasteiger charge is -2.36. The predicted molar refractivity (Wildman–Crippen MR) is 134 cm³/mol. The van der Waals surface area contributed by atoms with Gasteiger partial charge in [-0.05, 0) is 56.0 Å². The number of nitrogens with zero attached hydrogens (tertiary/aromatic N) is 3. The van der Waals surface area contributed by atoms with Gasteiger partial charge in [0.25, 0.3) is 15.9 Å². The van der Waals surface area contributed by atoms with Crippen LogP contribution in [-0.2, 0) is 16.6 Å². The number of pyridine rings is 2. The summed E-state index contributed by atoms with van der Waals surface area (Å²) in [5.41, 5.74) is 7.81. The molecule has 2 aromatic heterocycles.